The summed E-state index contributed by atoms with van der Waals surface area (Å²) in [5, 5.41) is 13.9. The SMILES string of the molecule is NC(=O)C1CNCCN1C(=O)c1cc(Cl)ncc1[N+](=O)[O-]. The molecule has 3 N–H and O–H groups in total. The second kappa shape index (κ2) is 6.02. The molecular formula is C11H12ClN5O4. The molecule has 1 unspecified atom stereocenters. The van der Waals surface area contributed by atoms with Crippen LogP contribution in [0.3, 0.4) is 0 Å². The normalized spacial score (nSPS) is 18.3. The second-order valence-corrected chi connectivity index (χ2v) is 4.79. The zero-order valence-corrected chi connectivity index (χ0v) is 11.5. The first-order valence-electron chi connectivity index (χ1n) is 6.02. The van der Waals surface area contributed by atoms with Crippen LogP contribution in [0.1, 0.15) is 10.4 Å². The number of nitrogens with zero attached hydrogens (tertiary/aromatic N) is 3. The Morgan fingerprint density at radius 3 is 2.90 bits per heavy atom. The maximum Gasteiger partial charge on any atom is 0.300 e. The monoisotopic (exact) mass is 313 g/mol. The molecule has 1 fully saturated rings. The number of nitrogens with two attached hydrogens (primary N) is 1. The molecule has 1 aliphatic heterocycles. The first-order valence-corrected chi connectivity index (χ1v) is 6.40. The van der Waals surface area contributed by atoms with Gasteiger partial charge in [-0.15, -0.1) is 0 Å². The molecule has 0 spiro atoms. The first-order chi connectivity index (χ1) is 9.91. The Hall–Kier alpha value is -2.26. The van der Waals surface area contributed by atoms with E-state index in [1.165, 1.54) is 4.90 Å². The van der Waals surface area contributed by atoms with E-state index in [1.54, 1.807) is 0 Å². The predicted molar refractivity (Wildman–Crippen MR) is 72.8 cm³/mol. The molecule has 112 valence electrons. The molecule has 2 heterocycles. The van der Waals surface area contributed by atoms with E-state index >= 15 is 0 Å². The van der Waals surface area contributed by atoms with Crippen molar-refractivity contribution < 1.29 is 14.5 Å². The molecule has 1 aliphatic rings. The number of hydrogen-bond acceptors (Lipinski definition) is 6. The van der Waals surface area contributed by atoms with Crippen LogP contribution >= 0.6 is 11.6 Å². The number of primary amides is 1. The number of carbonyl (C=O) groups excluding carboxylic acids is 2. The minimum atomic E-state index is -0.863. The lowest BCUT2D eigenvalue weighted by atomic mass is 10.1. The minimum absolute atomic E-state index is 0.0466. The summed E-state index contributed by atoms with van der Waals surface area (Å²) in [4.78, 5) is 39.0. The predicted octanol–water partition coefficient (Wildman–Crippen LogP) is -0.457. The fourth-order valence-electron chi connectivity index (χ4n) is 2.10. The molecule has 1 aromatic heterocycles. The summed E-state index contributed by atoms with van der Waals surface area (Å²) >= 11 is 5.70. The van der Waals surface area contributed by atoms with Crippen LogP contribution in [0.4, 0.5) is 5.69 Å². The number of piperazine rings is 1. The smallest absolute Gasteiger partial charge is 0.300 e. The largest absolute Gasteiger partial charge is 0.368 e. The van der Waals surface area contributed by atoms with Crippen LogP contribution in [-0.4, -0.2) is 52.3 Å². The van der Waals surface area contributed by atoms with Crippen molar-refractivity contribution in [3.05, 3.63) is 33.1 Å². The average molecular weight is 314 g/mol. The molecule has 1 atom stereocenters. The highest BCUT2D eigenvalue weighted by Crippen LogP contribution is 2.23. The van der Waals surface area contributed by atoms with Crippen LogP contribution in [0, 0.1) is 10.1 Å². The zero-order chi connectivity index (χ0) is 15.6. The van der Waals surface area contributed by atoms with Gasteiger partial charge in [-0.3, -0.25) is 19.7 Å². The quantitative estimate of drug-likeness (QED) is 0.441. The Kier molecular flexibility index (Phi) is 4.34. The minimum Gasteiger partial charge on any atom is -0.368 e. The van der Waals surface area contributed by atoms with Gasteiger partial charge in [-0.2, -0.15) is 0 Å². The molecule has 0 radical (unpaired) electrons. The molecule has 0 saturated carbocycles. The summed E-state index contributed by atoms with van der Waals surface area (Å²) in [6, 6.07) is 0.250. The van der Waals surface area contributed by atoms with Gasteiger partial charge in [0, 0.05) is 19.6 Å². The van der Waals surface area contributed by atoms with Crippen molar-refractivity contribution in [2.75, 3.05) is 19.6 Å². The molecule has 21 heavy (non-hydrogen) atoms. The van der Waals surface area contributed by atoms with Crippen LogP contribution in [0.15, 0.2) is 12.3 Å². The molecule has 0 aromatic carbocycles. The molecule has 2 rings (SSSR count). The van der Waals surface area contributed by atoms with Crippen LogP contribution in [0.25, 0.3) is 0 Å². The standard InChI is InChI=1S/C11H12ClN5O4/c12-9-3-6(7(5-15-9)17(20)21)11(19)16-2-1-14-4-8(16)10(13)18/h3,5,8,14H,1-2,4H2,(H2,13,18). The highest BCUT2D eigenvalue weighted by molar-refractivity contribution is 6.29. The summed E-state index contributed by atoms with van der Waals surface area (Å²) in [5.74, 6) is -1.35. The zero-order valence-electron chi connectivity index (χ0n) is 10.8. The Morgan fingerprint density at radius 2 is 2.29 bits per heavy atom. The van der Waals surface area contributed by atoms with Crippen molar-refractivity contribution in [2.45, 2.75) is 6.04 Å². The van der Waals surface area contributed by atoms with E-state index in [1.807, 2.05) is 0 Å². The molecule has 0 aliphatic carbocycles. The Morgan fingerprint density at radius 1 is 1.57 bits per heavy atom. The van der Waals surface area contributed by atoms with E-state index < -0.39 is 28.5 Å². The Bertz CT molecular complexity index is 608. The second-order valence-electron chi connectivity index (χ2n) is 4.40. The Balaban J connectivity index is 2.40. The number of rotatable bonds is 3. The van der Waals surface area contributed by atoms with Crippen LogP contribution in [0.5, 0.6) is 0 Å². The fourth-order valence-corrected chi connectivity index (χ4v) is 2.25. The van der Waals surface area contributed by atoms with Gasteiger partial charge in [0.1, 0.15) is 23.0 Å². The van der Waals surface area contributed by atoms with Gasteiger partial charge in [0.05, 0.1) is 4.92 Å². The van der Waals surface area contributed by atoms with Crippen molar-refractivity contribution in [2.24, 2.45) is 5.73 Å². The Labute approximate surface area is 124 Å². The third kappa shape index (κ3) is 3.09. The number of nitrogens with one attached hydrogen (secondary N) is 1. The summed E-state index contributed by atoms with van der Waals surface area (Å²) in [6.07, 6.45) is 0.914. The molecule has 1 aromatic rings. The molecule has 0 bridgehead atoms. The van der Waals surface area contributed by atoms with Crippen molar-refractivity contribution >= 4 is 29.1 Å². The van der Waals surface area contributed by atoms with Gasteiger partial charge in [0.15, 0.2) is 0 Å². The van der Waals surface area contributed by atoms with Crippen molar-refractivity contribution in [1.29, 1.82) is 0 Å². The molecular weight excluding hydrogens is 302 g/mol. The summed E-state index contributed by atoms with van der Waals surface area (Å²) in [7, 11) is 0. The number of hydrogen-bond donors (Lipinski definition) is 2. The van der Waals surface area contributed by atoms with Gasteiger partial charge in [0.25, 0.3) is 11.6 Å². The molecule has 2 amide bonds. The van der Waals surface area contributed by atoms with Crippen molar-refractivity contribution in [3.8, 4) is 0 Å². The third-order valence-electron chi connectivity index (χ3n) is 3.11. The summed E-state index contributed by atoms with van der Waals surface area (Å²) < 4.78 is 0. The highest BCUT2D eigenvalue weighted by Gasteiger charge is 2.34. The lowest BCUT2D eigenvalue weighted by molar-refractivity contribution is -0.385. The lowest BCUT2D eigenvalue weighted by Gasteiger charge is -2.34. The van der Waals surface area contributed by atoms with Gasteiger partial charge in [-0.25, -0.2) is 4.98 Å². The maximum absolute atomic E-state index is 12.5. The van der Waals surface area contributed by atoms with Crippen molar-refractivity contribution in [3.63, 3.8) is 0 Å². The topological polar surface area (TPSA) is 131 Å². The molecule has 10 heteroatoms. The van der Waals surface area contributed by atoms with Crippen LogP contribution in [0.2, 0.25) is 5.15 Å². The number of nitro groups is 1. The van der Waals surface area contributed by atoms with Gasteiger partial charge in [0.2, 0.25) is 5.91 Å². The number of aromatic nitrogens is 1. The van der Waals surface area contributed by atoms with Gasteiger partial charge in [-0.1, -0.05) is 11.6 Å². The van der Waals surface area contributed by atoms with E-state index in [2.05, 4.69) is 10.3 Å². The van der Waals surface area contributed by atoms with E-state index in [9.17, 15) is 19.7 Å². The average Bonchev–Trinajstić information content (AvgIpc) is 2.46. The molecule has 1 saturated heterocycles. The summed E-state index contributed by atoms with van der Waals surface area (Å²) in [5.41, 5.74) is 4.57. The van der Waals surface area contributed by atoms with Gasteiger partial charge in [-0.05, 0) is 6.07 Å². The third-order valence-corrected chi connectivity index (χ3v) is 3.32. The highest BCUT2D eigenvalue weighted by atomic mass is 35.5. The van der Waals surface area contributed by atoms with E-state index in [0.29, 0.717) is 6.54 Å². The van der Waals surface area contributed by atoms with E-state index in [-0.39, 0.29) is 23.8 Å². The number of pyridine rings is 1. The van der Waals surface area contributed by atoms with Crippen molar-refractivity contribution in [1.82, 2.24) is 15.2 Å². The fraction of sp³-hybridized carbons (Fsp3) is 0.364. The molecule has 9 nitrogen and oxygen atoms in total. The maximum atomic E-state index is 12.5. The number of carbonyl (C=O) groups is 2. The van der Waals surface area contributed by atoms with Crippen LogP contribution in [-0.2, 0) is 4.79 Å². The first kappa shape index (κ1) is 15.1. The number of halogens is 1. The van der Waals surface area contributed by atoms with E-state index in [0.717, 1.165) is 12.3 Å². The number of amides is 2. The van der Waals surface area contributed by atoms with Gasteiger partial charge < -0.3 is 16.0 Å². The lowest BCUT2D eigenvalue weighted by Crippen LogP contribution is -2.58. The van der Waals surface area contributed by atoms with Crippen LogP contribution < -0.4 is 11.1 Å². The van der Waals surface area contributed by atoms with Gasteiger partial charge >= 0.3 is 0 Å². The summed E-state index contributed by atoms with van der Waals surface area (Å²) in [6.45, 7) is 0.874. The van der Waals surface area contributed by atoms with E-state index in [4.69, 9.17) is 17.3 Å².